The Morgan fingerprint density at radius 1 is 1.04 bits per heavy atom. The number of nitrogens with one attached hydrogen (secondary N) is 2. The lowest BCUT2D eigenvalue weighted by molar-refractivity contribution is 0.0780. The molecule has 5 N–H and O–H groups in total. The maximum absolute atomic E-state index is 14.4. The van der Waals surface area contributed by atoms with Crippen LogP contribution in [0.1, 0.15) is 79.4 Å². The van der Waals surface area contributed by atoms with Crippen LogP contribution in [0.15, 0.2) is 78.7 Å². The summed E-state index contributed by atoms with van der Waals surface area (Å²) in [6.45, 7) is 7.13. The Hall–Kier alpha value is -4.71. The molecule has 0 aliphatic carbocycles. The van der Waals surface area contributed by atoms with Gasteiger partial charge in [-0.1, -0.05) is 50.2 Å². The van der Waals surface area contributed by atoms with Crippen LogP contribution in [0.2, 0.25) is 0 Å². The van der Waals surface area contributed by atoms with Crippen LogP contribution in [0.5, 0.6) is 0 Å². The van der Waals surface area contributed by atoms with Crippen LogP contribution in [0.25, 0.3) is 11.1 Å². The smallest absolute Gasteiger partial charge is 0.254 e. The van der Waals surface area contributed by atoms with Gasteiger partial charge in [0.2, 0.25) is 5.91 Å². The van der Waals surface area contributed by atoms with Crippen molar-refractivity contribution in [1.82, 2.24) is 30.4 Å². The molecule has 10 nitrogen and oxygen atoms in total. The number of aliphatic hydroxyl groups excluding tert-OH is 1. The Kier molecular flexibility index (Phi) is 10.9. The number of pyridine rings is 1. The predicted molar refractivity (Wildman–Crippen MR) is 184 cm³/mol. The minimum atomic E-state index is -0.979. The van der Waals surface area contributed by atoms with Crippen molar-refractivity contribution in [2.24, 2.45) is 5.73 Å². The molecule has 244 valence electrons. The molecule has 5 rings (SSSR count). The van der Waals surface area contributed by atoms with Crippen LogP contribution < -0.4 is 11.1 Å². The third-order valence-electron chi connectivity index (χ3n) is 8.19. The number of primary amides is 1. The van der Waals surface area contributed by atoms with Crippen molar-refractivity contribution in [3.63, 3.8) is 0 Å². The summed E-state index contributed by atoms with van der Waals surface area (Å²) in [7, 11) is 1.71. The minimum absolute atomic E-state index is 0.180. The Morgan fingerprint density at radius 3 is 2.47 bits per heavy atom. The van der Waals surface area contributed by atoms with Crippen LogP contribution >= 0.6 is 11.3 Å². The largest absolute Gasteiger partial charge is 0.391 e. The summed E-state index contributed by atoms with van der Waals surface area (Å²) < 4.78 is 0. The zero-order valence-electron chi connectivity index (χ0n) is 27.1. The molecule has 2 aromatic carbocycles. The van der Waals surface area contributed by atoms with E-state index < -0.39 is 17.9 Å². The van der Waals surface area contributed by atoms with E-state index >= 15 is 0 Å². The fourth-order valence-corrected chi connectivity index (χ4v) is 6.51. The van der Waals surface area contributed by atoms with Crippen molar-refractivity contribution in [2.45, 2.75) is 58.2 Å². The molecule has 0 aliphatic heterocycles. The molecule has 0 radical (unpaired) electrons. The van der Waals surface area contributed by atoms with Gasteiger partial charge in [-0.05, 0) is 59.2 Å². The summed E-state index contributed by atoms with van der Waals surface area (Å²) >= 11 is 1.48. The highest BCUT2D eigenvalue weighted by molar-refractivity contribution is 7.09. The van der Waals surface area contributed by atoms with E-state index in [4.69, 9.17) is 5.73 Å². The molecule has 2 amide bonds. The van der Waals surface area contributed by atoms with E-state index in [0.717, 1.165) is 27.4 Å². The Bertz CT molecular complexity index is 1800. The first-order chi connectivity index (χ1) is 22.6. The van der Waals surface area contributed by atoms with Gasteiger partial charge in [0, 0.05) is 72.4 Å². The van der Waals surface area contributed by atoms with Crippen molar-refractivity contribution in [1.29, 1.82) is 0 Å². The van der Waals surface area contributed by atoms with Gasteiger partial charge >= 0.3 is 0 Å². The number of thiazole rings is 1. The van der Waals surface area contributed by atoms with Crippen molar-refractivity contribution >= 4 is 23.2 Å². The molecule has 0 aliphatic rings. The lowest BCUT2D eigenvalue weighted by Gasteiger charge is -2.29. The van der Waals surface area contributed by atoms with Crippen LogP contribution in [0.4, 0.5) is 0 Å². The second-order valence-corrected chi connectivity index (χ2v) is 13.1. The number of aromatic nitrogens is 4. The summed E-state index contributed by atoms with van der Waals surface area (Å²) in [5.74, 6) is -1.31. The number of rotatable bonds is 14. The summed E-state index contributed by atoms with van der Waals surface area (Å²) in [5, 5.41) is 24.9. The molecule has 0 bridgehead atoms. The number of hydrogen-bond acceptors (Lipinski definition) is 8. The number of nitrogens with two attached hydrogens (primary N) is 1. The van der Waals surface area contributed by atoms with Crippen LogP contribution in [-0.2, 0) is 19.5 Å². The highest BCUT2D eigenvalue weighted by Crippen LogP contribution is 2.35. The van der Waals surface area contributed by atoms with Crippen molar-refractivity contribution < 1.29 is 14.7 Å². The second-order valence-electron chi connectivity index (χ2n) is 12.2. The molecule has 0 unspecified atom stereocenters. The van der Waals surface area contributed by atoms with Crippen LogP contribution in [0.3, 0.4) is 0 Å². The minimum Gasteiger partial charge on any atom is -0.391 e. The first-order valence-corrected chi connectivity index (χ1v) is 16.5. The van der Waals surface area contributed by atoms with Crippen LogP contribution in [0, 0.1) is 6.92 Å². The molecule has 3 aromatic heterocycles. The molecule has 0 saturated carbocycles. The Labute approximate surface area is 279 Å². The molecule has 2 atom stereocenters. The average Bonchev–Trinajstić information content (AvgIpc) is 3.75. The van der Waals surface area contributed by atoms with Crippen molar-refractivity contribution in [3.8, 4) is 11.1 Å². The number of amides is 2. The Balaban J connectivity index is 1.56. The lowest BCUT2D eigenvalue weighted by atomic mass is 9.80. The molecule has 11 heteroatoms. The van der Waals surface area contributed by atoms with Gasteiger partial charge in [0.15, 0.2) is 0 Å². The number of aryl methyl sites for hydroxylation is 1. The summed E-state index contributed by atoms with van der Waals surface area (Å²) in [6.07, 6.45) is 6.38. The average molecular weight is 652 g/mol. The van der Waals surface area contributed by atoms with Crippen molar-refractivity contribution in [2.75, 3.05) is 13.6 Å². The first-order valence-electron chi connectivity index (χ1n) is 15.6. The van der Waals surface area contributed by atoms with E-state index in [9.17, 15) is 14.7 Å². The van der Waals surface area contributed by atoms with Gasteiger partial charge in [-0.15, -0.1) is 11.3 Å². The topological polar surface area (TPSA) is 150 Å². The fraction of sp³-hybridized carbons (Fsp3) is 0.306. The molecule has 47 heavy (non-hydrogen) atoms. The van der Waals surface area contributed by atoms with E-state index in [1.54, 1.807) is 36.5 Å². The van der Waals surface area contributed by atoms with Gasteiger partial charge in [0.25, 0.3) is 5.91 Å². The van der Waals surface area contributed by atoms with Gasteiger partial charge < -0.3 is 21.1 Å². The third-order valence-corrected chi connectivity index (χ3v) is 9.14. The number of H-pyrrole nitrogens is 1. The monoisotopic (exact) mass is 651 g/mol. The lowest BCUT2D eigenvalue weighted by Crippen LogP contribution is -2.36. The maximum atomic E-state index is 14.4. The number of benzene rings is 2. The number of aliphatic hydroxyl groups is 1. The number of hydrogen-bond donors (Lipinski definition) is 4. The molecular weight excluding hydrogens is 611 g/mol. The molecule has 5 aromatic rings. The highest BCUT2D eigenvalue weighted by atomic mass is 32.1. The third kappa shape index (κ3) is 8.37. The summed E-state index contributed by atoms with van der Waals surface area (Å²) in [5.41, 5.74) is 12.2. The predicted octanol–water partition coefficient (Wildman–Crippen LogP) is 5.21. The fourth-order valence-electron chi connectivity index (χ4n) is 5.69. The van der Waals surface area contributed by atoms with Gasteiger partial charge in [-0.25, -0.2) is 4.98 Å². The van der Waals surface area contributed by atoms with E-state index in [1.807, 2.05) is 55.0 Å². The van der Waals surface area contributed by atoms with Crippen molar-refractivity contribution in [3.05, 3.63) is 123 Å². The number of carbonyl (C=O) groups is 2. The SMILES string of the molecule is Cc1csc(CN(C)C(=O)c2cc(-c3cn[nH]c3)cc(C(N)=O)c2[C@H](Cc2ccccc2)[C@@H](O)CNCc2cncc(C(C)C)c2)n1. The van der Waals surface area contributed by atoms with Crippen LogP contribution in [-0.4, -0.2) is 61.7 Å². The molecule has 0 fully saturated rings. The second kappa shape index (κ2) is 15.3. The maximum Gasteiger partial charge on any atom is 0.254 e. The zero-order valence-corrected chi connectivity index (χ0v) is 27.9. The molecule has 0 saturated heterocycles. The molecule has 3 heterocycles. The normalized spacial score (nSPS) is 12.6. The van der Waals surface area contributed by atoms with E-state index in [-0.39, 0.29) is 24.6 Å². The quantitative estimate of drug-likeness (QED) is 0.129. The molecular formula is C36H41N7O3S. The van der Waals surface area contributed by atoms with E-state index in [2.05, 4.69) is 45.4 Å². The van der Waals surface area contributed by atoms with E-state index in [1.165, 1.54) is 11.3 Å². The highest BCUT2D eigenvalue weighted by Gasteiger charge is 2.32. The standard InChI is InChI=1S/C36H41N7O3S/c1-22(2)27-10-25(14-38-16-27)15-39-19-32(44)29(11-24-8-6-5-7-9-24)34-30(35(37)45)12-26(28-17-40-41-18-28)13-31(34)36(46)43(4)20-33-42-23(3)21-47-33/h5-10,12-14,16-18,21-22,29,32,39,44H,11,15,19-20H2,1-4H3,(H2,37,45)(H,40,41)/t29-,32+/m1/s1. The first kappa shape index (κ1) is 33.6. The van der Waals surface area contributed by atoms with Gasteiger partial charge in [0.05, 0.1) is 18.8 Å². The summed E-state index contributed by atoms with van der Waals surface area (Å²) in [4.78, 5) is 38.1. The van der Waals surface area contributed by atoms with Gasteiger partial charge in [-0.3, -0.25) is 19.7 Å². The van der Waals surface area contributed by atoms with Gasteiger partial charge in [-0.2, -0.15) is 5.10 Å². The number of nitrogens with zero attached hydrogens (tertiary/aromatic N) is 4. The molecule has 0 spiro atoms. The summed E-state index contributed by atoms with van der Waals surface area (Å²) in [6, 6.07) is 15.3. The number of aromatic amines is 1. The Morgan fingerprint density at radius 2 is 1.81 bits per heavy atom. The number of carbonyl (C=O) groups excluding carboxylic acids is 2. The van der Waals surface area contributed by atoms with Gasteiger partial charge in [0.1, 0.15) is 5.01 Å². The van der Waals surface area contributed by atoms with E-state index in [0.29, 0.717) is 41.1 Å². The zero-order chi connectivity index (χ0) is 33.5.